The van der Waals surface area contributed by atoms with Gasteiger partial charge in [-0.2, -0.15) is 4.98 Å². The van der Waals surface area contributed by atoms with Crippen LogP contribution in [0.5, 0.6) is 0 Å². The van der Waals surface area contributed by atoms with Crippen molar-refractivity contribution in [3.8, 4) is 11.5 Å². The quantitative estimate of drug-likeness (QED) is 0.783. The Kier molecular flexibility index (Phi) is 2.72. The molecule has 0 aliphatic rings. The number of ketones is 1. The second-order valence-electron chi connectivity index (χ2n) is 3.25. The van der Waals surface area contributed by atoms with Gasteiger partial charge in [-0.25, -0.2) is 9.37 Å². The summed E-state index contributed by atoms with van der Waals surface area (Å²) in [7, 11) is 0. The standard InChI is InChI=1S/C10H8FN3O2/c1-6(15)4-9-13-10(14-16-9)8-3-2-7(11)5-12-8/h2-3,5H,4H2,1H3. The third-order valence-corrected chi connectivity index (χ3v) is 1.82. The molecule has 0 unspecified atom stereocenters. The molecule has 0 spiro atoms. The maximum atomic E-state index is 12.6. The molecule has 0 N–H and O–H groups in total. The van der Waals surface area contributed by atoms with Crippen LogP contribution in [0.25, 0.3) is 11.5 Å². The van der Waals surface area contributed by atoms with Gasteiger partial charge in [-0.3, -0.25) is 4.79 Å². The van der Waals surface area contributed by atoms with E-state index in [0.29, 0.717) is 5.69 Å². The first-order valence-electron chi connectivity index (χ1n) is 4.59. The molecular weight excluding hydrogens is 213 g/mol. The van der Waals surface area contributed by atoms with Crippen molar-refractivity contribution in [2.75, 3.05) is 0 Å². The van der Waals surface area contributed by atoms with E-state index in [1.54, 1.807) is 0 Å². The van der Waals surface area contributed by atoms with Crippen molar-refractivity contribution in [3.05, 3.63) is 30.0 Å². The second kappa shape index (κ2) is 4.18. The zero-order chi connectivity index (χ0) is 11.5. The summed E-state index contributed by atoms with van der Waals surface area (Å²) in [4.78, 5) is 18.6. The lowest BCUT2D eigenvalue weighted by Crippen LogP contribution is -1.96. The Balaban J connectivity index is 2.24. The van der Waals surface area contributed by atoms with Crippen molar-refractivity contribution < 1.29 is 13.7 Å². The van der Waals surface area contributed by atoms with Crippen LogP contribution in [0.4, 0.5) is 4.39 Å². The summed E-state index contributed by atoms with van der Waals surface area (Å²) < 4.78 is 17.5. The first-order chi connectivity index (χ1) is 7.65. The molecule has 0 aliphatic carbocycles. The lowest BCUT2D eigenvalue weighted by Gasteiger charge is -1.91. The molecule has 0 amide bonds. The minimum Gasteiger partial charge on any atom is -0.338 e. The molecule has 0 bridgehead atoms. The van der Waals surface area contributed by atoms with Crippen LogP contribution in [-0.4, -0.2) is 20.9 Å². The molecule has 2 rings (SSSR count). The number of aromatic nitrogens is 3. The molecular formula is C10H8FN3O2. The van der Waals surface area contributed by atoms with Gasteiger partial charge >= 0.3 is 0 Å². The van der Waals surface area contributed by atoms with Crippen molar-refractivity contribution in [1.29, 1.82) is 0 Å². The average Bonchev–Trinajstić information content (AvgIpc) is 2.66. The Morgan fingerprint density at radius 3 is 2.94 bits per heavy atom. The van der Waals surface area contributed by atoms with Gasteiger partial charge in [0.25, 0.3) is 0 Å². The Morgan fingerprint density at radius 1 is 1.50 bits per heavy atom. The lowest BCUT2D eigenvalue weighted by molar-refractivity contribution is -0.116. The van der Waals surface area contributed by atoms with Crippen LogP contribution in [-0.2, 0) is 11.2 Å². The monoisotopic (exact) mass is 221 g/mol. The van der Waals surface area contributed by atoms with Gasteiger partial charge in [0.05, 0.1) is 12.6 Å². The van der Waals surface area contributed by atoms with E-state index >= 15 is 0 Å². The van der Waals surface area contributed by atoms with Gasteiger partial charge in [0.1, 0.15) is 17.3 Å². The van der Waals surface area contributed by atoms with E-state index < -0.39 is 5.82 Å². The third-order valence-electron chi connectivity index (χ3n) is 1.82. The van der Waals surface area contributed by atoms with E-state index in [2.05, 4.69) is 15.1 Å². The van der Waals surface area contributed by atoms with Gasteiger partial charge in [0.15, 0.2) is 0 Å². The van der Waals surface area contributed by atoms with Crippen LogP contribution in [0, 0.1) is 5.82 Å². The van der Waals surface area contributed by atoms with Crippen LogP contribution in [0.3, 0.4) is 0 Å². The Hall–Kier alpha value is -2.11. The molecule has 0 atom stereocenters. The van der Waals surface area contributed by atoms with Crippen LogP contribution >= 0.6 is 0 Å². The van der Waals surface area contributed by atoms with Crippen molar-refractivity contribution >= 4 is 5.78 Å². The summed E-state index contributed by atoms with van der Waals surface area (Å²) in [5.41, 5.74) is 0.403. The molecule has 0 aliphatic heterocycles. The normalized spacial score (nSPS) is 10.4. The first kappa shape index (κ1) is 10.4. The number of halogens is 1. The number of carbonyl (C=O) groups excluding carboxylic acids is 1. The highest BCUT2D eigenvalue weighted by molar-refractivity contribution is 5.77. The second-order valence-corrected chi connectivity index (χ2v) is 3.25. The smallest absolute Gasteiger partial charge is 0.234 e. The fraction of sp³-hybridized carbons (Fsp3) is 0.200. The maximum absolute atomic E-state index is 12.6. The molecule has 6 heteroatoms. The van der Waals surface area contributed by atoms with Crippen LogP contribution in [0.2, 0.25) is 0 Å². The molecule has 0 saturated heterocycles. The lowest BCUT2D eigenvalue weighted by atomic mass is 10.3. The minimum absolute atomic E-state index is 0.0673. The molecule has 0 saturated carbocycles. The first-order valence-corrected chi connectivity index (χ1v) is 4.59. The fourth-order valence-electron chi connectivity index (χ4n) is 1.15. The van der Waals surface area contributed by atoms with E-state index in [4.69, 9.17) is 4.52 Å². The van der Waals surface area contributed by atoms with Crippen molar-refractivity contribution in [1.82, 2.24) is 15.1 Å². The summed E-state index contributed by atoms with van der Waals surface area (Å²) in [6.07, 6.45) is 1.16. The Morgan fingerprint density at radius 2 is 2.31 bits per heavy atom. The van der Waals surface area contributed by atoms with E-state index in [1.165, 1.54) is 19.1 Å². The highest BCUT2D eigenvalue weighted by Gasteiger charge is 2.10. The number of hydrogen-bond acceptors (Lipinski definition) is 5. The molecule has 16 heavy (non-hydrogen) atoms. The maximum Gasteiger partial charge on any atom is 0.234 e. The predicted octanol–water partition coefficient (Wildman–Crippen LogP) is 1.40. The molecule has 82 valence electrons. The largest absolute Gasteiger partial charge is 0.338 e. The summed E-state index contributed by atoms with van der Waals surface area (Å²) in [5, 5.41) is 3.65. The SMILES string of the molecule is CC(=O)Cc1nc(-c2ccc(F)cn2)no1. The van der Waals surface area contributed by atoms with E-state index in [1.807, 2.05) is 0 Å². The van der Waals surface area contributed by atoms with Crippen molar-refractivity contribution in [2.24, 2.45) is 0 Å². The molecule has 0 radical (unpaired) electrons. The predicted molar refractivity (Wildman–Crippen MR) is 51.9 cm³/mol. The zero-order valence-corrected chi connectivity index (χ0v) is 8.48. The van der Waals surface area contributed by atoms with E-state index in [9.17, 15) is 9.18 Å². The highest BCUT2D eigenvalue weighted by atomic mass is 19.1. The third kappa shape index (κ3) is 2.28. The Labute approximate surface area is 90.3 Å². The highest BCUT2D eigenvalue weighted by Crippen LogP contribution is 2.13. The van der Waals surface area contributed by atoms with Crippen molar-refractivity contribution in [3.63, 3.8) is 0 Å². The van der Waals surface area contributed by atoms with E-state index in [-0.39, 0.29) is 23.9 Å². The summed E-state index contributed by atoms with van der Waals surface area (Å²) >= 11 is 0. The average molecular weight is 221 g/mol. The topological polar surface area (TPSA) is 68.9 Å². The number of nitrogens with zero attached hydrogens (tertiary/aromatic N) is 3. The van der Waals surface area contributed by atoms with Crippen LogP contribution < -0.4 is 0 Å². The summed E-state index contributed by atoms with van der Waals surface area (Å²) in [6, 6.07) is 2.70. The summed E-state index contributed by atoms with van der Waals surface area (Å²) in [6.45, 7) is 1.43. The van der Waals surface area contributed by atoms with Crippen LogP contribution in [0.1, 0.15) is 12.8 Å². The molecule has 2 aromatic rings. The van der Waals surface area contributed by atoms with Gasteiger partial charge in [0.2, 0.25) is 11.7 Å². The number of Topliss-reactive ketones (excluding diaryl/α,β-unsaturated/α-hetero) is 1. The van der Waals surface area contributed by atoms with Gasteiger partial charge in [-0.05, 0) is 19.1 Å². The van der Waals surface area contributed by atoms with Gasteiger partial charge < -0.3 is 4.52 Å². The minimum atomic E-state index is -0.434. The van der Waals surface area contributed by atoms with Crippen molar-refractivity contribution in [2.45, 2.75) is 13.3 Å². The number of carbonyl (C=O) groups is 1. The molecule has 2 aromatic heterocycles. The summed E-state index contributed by atoms with van der Waals surface area (Å²) in [5.74, 6) is -0.0247. The molecule has 0 fully saturated rings. The van der Waals surface area contributed by atoms with E-state index in [0.717, 1.165) is 6.20 Å². The number of pyridine rings is 1. The van der Waals surface area contributed by atoms with Gasteiger partial charge in [0, 0.05) is 0 Å². The molecule has 2 heterocycles. The van der Waals surface area contributed by atoms with Gasteiger partial charge in [-0.15, -0.1) is 0 Å². The molecule has 5 nitrogen and oxygen atoms in total. The fourth-order valence-corrected chi connectivity index (χ4v) is 1.15. The zero-order valence-electron chi connectivity index (χ0n) is 8.48. The van der Waals surface area contributed by atoms with Crippen LogP contribution in [0.15, 0.2) is 22.9 Å². The number of hydrogen-bond donors (Lipinski definition) is 0. The Bertz CT molecular complexity index is 507. The molecule has 0 aromatic carbocycles. The number of rotatable bonds is 3. The van der Waals surface area contributed by atoms with Gasteiger partial charge in [-0.1, -0.05) is 5.16 Å².